The van der Waals surface area contributed by atoms with Crippen LogP contribution in [0.2, 0.25) is 0 Å². The van der Waals surface area contributed by atoms with Gasteiger partial charge in [-0.1, -0.05) is 6.07 Å². The Morgan fingerprint density at radius 2 is 2.11 bits per heavy atom. The van der Waals surface area contributed by atoms with Gasteiger partial charge in [0.25, 0.3) is 0 Å². The van der Waals surface area contributed by atoms with Crippen LogP contribution >= 0.6 is 0 Å². The molecule has 0 aromatic heterocycles. The minimum Gasteiger partial charge on any atom is -0.395 e. The normalized spacial score (nSPS) is 16.4. The topological polar surface area (TPSA) is 40.5 Å². The van der Waals surface area contributed by atoms with Gasteiger partial charge in [-0.25, -0.2) is 8.78 Å². The highest BCUT2D eigenvalue weighted by Crippen LogP contribution is 2.46. The molecular formula is C13H15F2NO2. The van der Waals surface area contributed by atoms with Crippen molar-refractivity contribution in [1.82, 2.24) is 4.90 Å². The largest absolute Gasteiger partial charge is 0.395 e. The fourth-order valence-corrected chi connectivity index (χ4v) is 1.97. The molecule has 0 radical (unpaired) electrons. The van der Waals surface area contributed by atoms with Gasteiger partial charge in [0.2, 0.25) is 5.91 Å². The number of amides is 1. The summed E-state index contributed by atoms with van der Waals surface area (Å²) >= 11 is 0. The second-order valence-corrected chi connectivity index (χ2v) is 4.84. The van der Waals surface area contributed by atoms with E-state index in [1.807, 2.05) is 0 Å². The molecule has 1 aliphatic rings. The number of aliphatic hydroxyl groups excluding tert-OH is 1. The molecule has 1 aromatic carbocycles. The molecule has 1 fully saturated rings. The lowest BCUT2D eigenvalue weighted by Crippen LogP contribution is -2.35. The van der Waals surface area contributed by atoms with Crippen molar-refractivity contribution in [2.45, 2.75) is 19.4 Å². The maximum atomic E-state index is 13.4. The lowest BCUT2D eigenvalue weighted by atomic mass is 10.1. The first kappa shape index (κ1) is 13.0. The summed E-state index contributed by atoms with van der Waals surface area (Å²) in [4.78, 5) is 13.4. The smallest absolute Gasteiger partial charge is 0.231 e. The van der Waals surface area contributed by atoms with Crippen molar-refractivity contribution in [3.8, 4) is 0 Å². The molecule has 0 saturated heterocycles. The fraction of sp³-hybridized carbons (Fsp3) is 0.462. The van der Waals surface area contributed by atoms with Gasteiger partial charge in [-0.05, 0) is 18.9 Å². The van der Waals surface area contributed by atoms with E-state index in [1.54, 1.807) is 7.05 Å². The maximum Gasteiger partial charge on any atom is 0.231 e. The Balaban J connectivity index is 2.07. The summed E-state index contributed by atoms with van der Waals surface area (Å²) < 4.78 is 26.2. The van der Waals surface area contributed by atoms with Crippen LogP contribution in [0.25, 0.3) is 0 Å². The van der Waals surface area contributed by atoms with Gasteiger partial charge in [0.05, 0.1) is 12.0 Å². The molecule has 2 rings (SSSR count). The third-order valence-corrected chi connectivity index (χ3v) is 3.38. The number of benzene rings is 1. The summed E-state index contributed by atoms with van der Waals surface area (Å²) in [5.41, 5.74) is -0.397. The van der Waals surface area contributed by atoms with Crippen LogP contribution in [0.4, 0.5) is 8.78 Å². The molecule has 5 heteroatoms. The van der Waals surface area contributed by atoms with E-state index >= 15 is 0 Å². The third-order valence-electron chi connectivity index (χ3n) is 3.38. The number of aliphatic hydroxyl groups is 1. The van der Waals surface area contributed by atoms with Gasteiger partial charge >= 0.3 is 0 Å². The molecule has 1 N–H and O–H groups in total. The molecule has 0 bridgehead atoms. The lowest BCUT2D eigenvalue weighted by molar-refractivity contribution is -0.137. The summed E-state index contributed by atoms with van der Waals surface area (Å²) in [5.74, 6) is -1.49. The molecule has 1 aliphatic carbocycles. The zero-order chi connectivity index (χ0) is 13.3. The molecule has 0 atom stereocenters. The van der Waals surface area contributed by atoms with Crippen molar-refractivity contribution in [3.05, 3.63) is 35.4 Å². The standard InChI is InChI=1S/C13H15F2NO2/c1-16(12(18)13(8-17)4-5-13)7-9-2-3-10(14)6-11(9)15/h2-3,6,17H,4-5,7-8H2,1H3. The summed E-state index contributed by atoms with van der Waals surface area (Å²) in [6.45, 7) is -0.102. The van der Waals surface area contributed by atoms with Crippen molar-refractivity contribution in [2.24, 2.45) is 5.41 Å². The second kappa shape index (κ2) is 4.65. The first-order valence-electron chi connectivity index (χ1n) is 5.79. The number of carbonyl (C=O) groups excluding carboxylic acids is 1. The van der Waals surface area contributed by atoms with Gasteiger partial charge < -0.3 is 10.0 Å². The summed E-state index contributed by atoms with van der Waals surface area (Å²) in [7, 11) is 1.56. The first-order valence-corrected chi connectivity index (χ1v) is 5.79. The molecule has 1 aromatic rings. The van der Waals surface area contributed by atoms with Crippen molar-refractivity contribution in [1.29, 1.82) is 0 Å². The number of nitrogens with zero attached hydrogens (tertiary/aromatic N) is 1. The predicted octanol–water partition coefficient (Wildman–Crippen LogP) is 1.70. The minimum atomic E-state index is -0.663. The highest BCUT2D eigenvalue weighted by Gasteiger charge is 2.50. The zero-order valence-electron chi connectivity index (χ0n) is 10.1. The van der Waals surface area contributed by atoms with Crippen LogP contribution < -0.4 is 0 Å². The lowest BCUT2D eigenvalue weighted by Gasteiger charge is -2.22. The van der Waals surface area contributed by atoms with E-state index in [1.165, 1.54) is 11.0 Å². The zero-order valence-corrected chi connectivity index (χ0v) is 10.1. The molecule has 1 saturated carbocycles. The molecule has 0 unspecified atom stereocenters. The van der Waals surface area contributed by atoms with E-state index in [4.69, 9.17) is 5.11 Å². The van der Waals surface area contributed by atoms with Gasteiger partial charge in [0.15, 0.2) is 0 Å². The molecule has 1 amide bonds. The molecule has 0 heterocycles. The van der Waals surface area contributed by atoms with Gasteiger partial charge in [-0.2, -0.15) is 0 Å². The van der Waals surface area contributed by atoms with Crippen LogP contribution in [0, 0.1) is 17.0 Å². The number of rotatable bonds is 4. The van der Waals surface area contributed by atoms with Crippen LogP contribution in [0.5, 0.6) is 0 Å². The van der Waals surface area contributed by atoms with Gasteiger partial charge in [0.1, 0.15) is 11.6 Å². The van der Waals surface area contributed by atoms with E-state index < -0.39 is 17.0 Å². The SMILES string of the molecule is CN(Cc1ccc(F)cc1F)C(=O)C1(CO)CC1. The van der Waals surface area contributed by atoms with Crippen molar-refractivity contribution >= 4 is 5.91 Å². The third kappa shape index (κ3) is 2.36. The maximum absolute atomic E-state index is 13.4. The summed E-state index contributed by atoms with van der Waals surface area (Å²) in [5, 5.41) is 9.16. The number of hydrogen-bond donors (Lipinski definition) is 1. The Morgan fingerprint density at radius 1 is 1.44 bits per heavy atom. The van der Waals surface area contributed by atoms with Crippen molar-refractivity contribution < 1.29 is 18.7 Å². The number of carbonyl (C=O) groups is 1. The van der Waals surface area contributed by atoms with Crippen molar-refractivity contribution in [2.75, 3.05) is 13.7 Å². The van der Waals surface area contributed by atoms with E-state index in [-0.39, 0.29) is 24.6 Å². The number of hydrogen-bond acceptors (Lipinski definition) is 2. The first-order chi connectivity index (χ1) is 8.48. The Bertz CT molecular complexity index is 472. The molecule has 18 heavy (non-hydrogen) atoms. The Labute approximate surface area is 104 Å². The Morgan fingerprint density at radius 3 is 2.61 bits per heavy atom. The Kier molecular flexibility index (Phi) is 3.34. The van der Waals surface area contributed by atoms with Gasteiger partial charge in [0, 0.05) is 25.2 Å². The molecule has 98 valence electrons. The van der Waals surface area contributed by atoms with Gasteiger partial charge in [-0.15, -0.1) is 0 Å². The molecule has 0 spiro atoms. The summed E-state index contributed by atoms with van der Waals surface area (Å²) in [6, 6.07) is 3.29. The van der Waals surface area contributed by atoms with E-state index in [9.17, 15) is 13.6 Å². The monoisotopic (exact) mass is 255 g/mol. The minimum absolute atomic E-state index is 0.0761. The second-order valence-electron chi connectivity index (χ2n) is 4.84. The van der Waals surface area contributed by atoms with E-state index in [0.29, 0.717) is 12.8 Å². The van der Waals surface area contributed by atoms with E-state index in [2.05, 4.69) is 0 Å². The van der Waals surface area contributed by atoms with Crippen LogP contribution in [0.15, 0.2) is 18.2 Å². The van der Waals surface area contributed by atoms with Crippen LogP contribution in [-0.4, -0.2) is 29.6 Å². The van der Waals surface area contributed by atoms with Crippen LogP contribution in [0.1, 0.15) is 18.4 Å². The Hall–Kier alpha value is -1.49. The van der Waals surface area contributed by atoms with Crippen LogP contribution in [-0.2, 0) is 11.3 Å². The highest BCUT2D eigenvalue weighted by molar-refractivity contribution is 5.85. The fourth-order valence-electron chi connectivity index (χ4n) is 1.97. The molecule has 3 nitrogen and oxygen atoms in total. The van der Waals surface area contributed by atoms with Crippen molar-refractivity contribution in [3.63, 3.8) is 0 Å². The average molecular weight is 255 g/mol. The van der Waals surface area contributed by atoms with Gasteiger partial charge in [-0.3, -0.25) is 4.79 Å². The highest BCUT2D eigenvalue weighted by atomic mass is 19.1. The van der Waals surface area contributed by atoms with Crippen LogP contribution in [0.3, 0.4) is 0 Å². The van der Waals surface area contributed by atoms with E-state index in [0.717, 1.165) is 12.1 Å². The summed E-state index contributed by atoms with van der Waals surface area (Å²) in [6.07, 6.45) is 1.33. The quantitative estimate of drug-likeness (QED) is 0.889. The predicted molar refractivity (Wildman–Crippen MR) is 61.6 cm³/mol. The molecular weight excluding hydrogens is 240 g/mol. The molecule has 0 aliphatic heterocycles. The average Bonchev–Trinajstić information content (AvgIpc) is 3.12. The number of halogens is 2.